The highest BCUT2D eigenvalue weighted by molar-refractivity contribution is 6.46. The molecular formula is C28H34N2O5. The van der Waals surface area contributed by atoms with Gasteiger partial charge < -0.3 is 19.5 Å². The number of hydrogen-bond donors (Lipinski definition) is 1. The van der Waals surface area contributed by atoms with Gasteiger partial charge >= 0.3 is 0 Å². The first-order chi connectivity index (χ1) is 16.9. The molecule has 0 radical (unpaired) electrons. The second-order valence-electron chi connectivity index (χ2n) is 9.35. The van der Waals surface area contributed by atoms with Crippen LogP contribution in [-0.2, 0) is 14.3 Å². The van der Waals surface area contributed by atoms with Gasteiger partial charge in [0.1, 0.15) is 11.5 Å². The zero-order valence-corrected chi connectivity index (χ0v) is 20.7. The SMILES string of the molecule is COc1cccc(C(O)=C2C(=O)C(=O)N(CCCN3CCOCC3)[C@H]2c2ccc(C(C)C)cc2)c1. The normalized spacial score (nSPS) is 20.6. The number of methoxy groups -OCH3 is 1. The van der Waals surface area contributed by atoms with E-state index in [1.54, 1.807) is 36.3 Å². The molecule has 7 heteroatoms. The van der Waals surface area contributed by atoms with Gasteiger partial charge in [0.15, 0.2) is 0 Å². The average Bonchev–Trinajstić information content (AvgIpc) is 3.14. The summed E-state index contributed by atoms with van der Waals surface area (Å²) in [5.41, 5.74) is 2.54. The van der Waals surface area contributed by atoms with Gasteiger partial charge in [-0.25, -0.2) is 0 Å². The van der Waals surface area contributed by atoms with Crippen molar-refractivity contribution in [3.8, 4) is 5.75 Å². The quantitative estimate of drug-likeness (QED) is 0.352. The summed E-state index contributed by atoms with van der Waals surface area (Å²) < 4.78 is 10.7. The summed E-state index contributed by atoms with van der Waals surface area (Å²) in [7, 11) is 1.54. The van der Waals surface area contributed by atoms with Crippen molar-refractivity contribution >= 4 is 17.4 Å². The standard InChI is InChI=1S/C28H34N2O5/c1-19(2)20-8-10-21(11-9-20)25-24(26(31)22-6-4-7-23(18-22)34-3)27(32)28(33)30(25)13-5-12-29-14-16-35-17-15-29/h4,6-11,18-19,25,31H,5,12-17H2,1-3H3/t25-/m0/s1. The van der Waals surface area contributed by atoms with Crippen LogP contribution in [0.5, 0.6) is 5.75 Å². The molecule has 2 heterocycles. The average molecular weight is 479 g/mol. The minimum atomic E-state index is -0.658. The third-order valence-corrected chi connectivity index (χ3v) is 6.78. The first-order valence-electron chi connectivity index (χ1n) is 12.2. The summed E-state index contributed by atoms with van der Waals surface area (Å²) in [6.45, 7) is 8.66. The van der Waals surface area contributed by atoms with Crippen LogP contribution >= 0.6 is 0 Å². The number of aliphatic hydroxyl groups excluding tert-OH is 1. The van der Waals surface area contributed by atoms with Gasteiger partial charge in [-0.3, -0.25) is 14.5 Å². The van der Waals surface area contributed by atoms with Crippen LogP contribution in [0.4, 0.5) is 0 Å². The van der Waals surface area contributed by atoms with Gasteiger partial charge in [0.05, 0.1) is 31.9 Å². The maximum absolute atomic E-state index is 13.2. The van der Waals surface area contributed by atoms with Crippen molar-refractivity contribution in [1.82, 2.24) is 9.80 Å². The Morgan fingerprint density at radius 2 is 1.80 bits per heavy atom. The molecule has 0 aromatic heterocycles. The fourth-order valence-electron chi connectivity index (χ4n) is 4.74. The molecule has 1 amide bonds. The Bertz CT molecular complexity index is 1090. The molecule has 0 bridgehead atoms. The monoisotopic (exact) mass is 478 g/mol. The zero-order valence-electron chi connectivity index (χ0n) is 20.7. The molecule has 2 aromatic rings. The Labute approximate surface area is 206 Å². The number of benzene rings is 2. The van der Waals surface area contributed by atoms with Crippen molar-refractivity contribution in [3.05, 3.63) is 70.8 Å². The number of morpholine rings is 1. The zero-order chi connectivity index (χ0) is 24.9. The van der Waals surface area contributed by atoms with Crippen LogP contribution in [0.15, 0.2) is 54.1 Å². The maximum Gasteiger partial charge on any atom is 0.295 e. The number of rotatable bonds is 8. The van der Waals surface area contributed by atoms with E-state index in [1.807, 2.05) is 24.3 Å². The molecule has 2 saturated heterocycles. The number of carbonyl (C=O) groups is 2. The molecule has 1 atom stereocenters. The summed E-state index contributed by atoms with van der Waals surface area (Å²) in [6, 6.07) is 14.2. The van der Waals surface area contributed by atoms with E-state index in [4.69, 9.17) is 9.47 Å². The molecule has 35 heavy (non-hydrogen) atoms. The molecule has 4 rings (SSSR count). The highest BCUT2D eigenvalue weighted by atomic mass is 16.5. The van der Waals surface area contributed by atoms with Gasteiger partial charge in [-0.1, -0.05) is 50.2 Å². The lowest BCUT2D eigenvalue weighted by molar-refractivity contribution is -0.140. The maximum atomic E-state index is 13.2. The summed E-state index contributed by atoms with van der Waals surface area (Å²) >= 11 is 0. The molecule has 2 aromatic carbocycles. The largest absolute Gasteiger partial charge is 0.507 e. The molecule has 2 fully saturated rings. The second-order valence-corrected chi connectivity index (χ2v) is 9.35. The first kappa shape index (κ1) is 24.9. The third-order valence-electron chi connectivity index (χ3n) is 6.78. The molecule has 0 spiro atoms. The van der Waals surface area contributed by atoms with E-state index in [2.05, 4.69) is 18.7 Å². The van der Waals surface area contributed by atoms with Gasteiger partial charge in [-0.2, -0.15) is 0 Å². The van der Waals surface area contributed by atoms with Gasteiger partial charge in [0.2, 0.25) is 0 Å². The van der Waals surface area contributed by atoms with Crippen LogP contribution in [0.3, 0.4) is 0 Å². The number of Topliss-reactive ketones (excluding diaryl/α,β-unsaturated/α-hetero) is 1. The van der Waals surface area contributed by atoms with Crippen LogP contribution in [0.25, 0.3) is 5.76 Å². The van der Waals surface area contributed by atoms with E-state index in [-0.39, 0.29) is 11.3 Å². The molecule has 1 N–H and O–H groups in total. The summed E-state index contributed by atoms with van der Waals surface area (Å²) in [5, 5.41) is 11.3. The predicted molar refractivity (Wildman–Crippen MR) is 134 cm³/mol. The van der Waals surface area contributed by atoms with Crippen molar-refractivity contribution in [2.24, 2.45) is 0 Å². The van der Waals surface area contributed by atoms with Crippen molar-refractivity contribution < 1.29 is 24.2 Å². The van der Waals surface area contributed by atoms with Crippen LogP contribution in [-0.4, -0.2) is 73.1 Å². The number of ether oxygens (including phenoxy) is 2. The molecule has 2 aliphatic rings. The first-order valence-corrected chi connectivity index (χ1v) is 12.2. The lowest BCUT2D eigenvalue weighted by atomic mass is 9.93. The summed E-state index contributed by atoms with van der Waals surface area (Å²) in [4.78, 5) is 30.3. The Kier molecular flexibility index (Phi) is 7.88. The van der Waals surface area contributed by atoms with Gasteiger partial charge in [-0.05, 0) is 35.6 Å². The molecule has 0 saturated carbocycles. The van der Waals surface area contributed by atoms with Gasteiger partial charge in [0.25, 0.3) is 11.7 Å². The van der Waals surface area contributed by atoms with Crippen molar-refractivity contribution in [2.75, 3.05) is 46.5 Å². The Morgan fingerprint density at radius 1 is 1.09 bits per heavy atom. The van der Waals surface area contributed by atoms with Crippen LogP contribution in [0, 0.1) is 0 Å². The fourth-order valence-corrected chi connectivity index (χ4v) is 4.74. The van der Waals surface area contributed by atoms with Crippen LogP contribution in [0.1, 0.15) is 48.9 Å². The molecule has 0 unspecified atom stereocenters. The van der Waals surface area contributed by atoms with Crippen molar-refractivity contribution in [3.63, 3.8) is 0 Å². The van der Waals surface area contributed by atoms with E-state index >= 15 is 0 Å². The van der Waals surface area contributed by atoms with E-state index in [9.17, 15) is 14.7 Å². The molecule has 2 aliphatic heterocycles. The predicted octanol–water partition coefficient (Wildman–Crippen LogP) is 3.96. The highest BCUT2D eigenvalue weighted by Crippen LogP contribution is 2.40. The molecule has 7 nitrogen and oxygen atoms in total. The van der Waals surface area contributed by atoms with Crippen LogP contribution in [0.2, 0.25) is 0 Å². The van der Waals surface area contributed by atoms with E-state index in [0.717, 1.165) is 31.6 Å². The Hall–Kier alpha value is -3.16. The van der Waals surface area contributed by atoms with Crippen LogP contribution < -0.4 is 4.74 Å². The molecular weight excluding hydrogens is 444 g/mol. The van der Waals surface area contributed by atoms with E-state index in [1.165, 1.54) is 5.56 Å². The lowest BCUT2D eigenvalue weighted by Gasteiger charge is -2.29. The summed E-state index contributed by atoms with van der Waals surface area (Å²) in [5.74, 6) is -0.493. The Morgan fingerprint density at radius 3 is 2.46 bits per heavy atom. The van der Waals surface area contributed by atoms with E-state index < -0.39 is 17.7 Å². The topological polar surface area (TPSA) is 79.3 Å². The second kappa shape index (κ2) is 11.1. The Balaban J connectivity index is 1.69. The van der Waals surface area contributed by atoms with Crippen molar-refractivity contribution in [1.29, 1.82) is 0 Å². The number of hydrogen-bond acceptors (Lipinski definition) is 6. The number of nitrogens with zero attached hydrogens (tertiary/aromatic N) is 2. The number of ketones is 1. The minimum absolute atomic E-state index is 0.118. The highest BCUT2D eigenvalue weighted by Gasteiger charge is 2.45. The number of aliphatic hydroxyl groups is 1. The molecule has 186 valence electrons. The number of carbonyl (C=O) groups excluding carboxylic acids is 2. The third kappa shape index (κ3) is 5.41. The lowest BCUT2D eigenvalue weighted by Crippen LogP contribution is -2.38. The summed E-state index contributed by atoms with van der Waals surface area (Å²) in [6.07, 6.45) is 0.729. The van der Waals surface area contributed by atoms with E-state index in [0.29, 0.717) is 37.0 Å². The number of likely N-dealkylation sites (tertiary alicyclic amines) is 1. The molecule has 0 aliphatic carbocycles. The van der Waals surface area contributed by atoms with Gasteiger partial charge in [-0.15, -0.1) is 0 Å². The van der Waals surface area contributed by atoms with Gasteiger partial charge in [0, 0.05) is 31.7 Å². The van der Waals surface area contributed by atoms with Crippen molar-refractivity contribution in [2.45, 2.75) is 32.2 Å². The fraction of sp³-hybridized carbons (Fsp3) is 0.429. The number of amides is 1. The smallest absolute Gasteiger partial charge is 0.295 e. The minimum Gasteiger partial charge on any atom is -0.507 e.